The molecule has 4 rings (SSSR count). The van der Waals surface area contributed by atoms with Gasteiger partial charge >= 0.3 is 35.5 Å². The Morgan fingerprint density at radius 1 is 1.41 bits per heavy atom. The Hall–Kier alpha value is -2.59. The summed E-state index contributed by atoms with van der Waals surface area (Å²) in [5.74, 6) is -3.72. The van der Waals surface area contributed by atoms with E-state index >= 15 is 0 Å². The van der Waals surface area contributed by atoms with Crippen molar-refractivity contribution in [3.63, 3.8) is 0 Å². The van der Waals surface area contributed by atoms with E-state index in [0.29, 0.717) is 5.57 Å². The van der Waals surface area contributed by atoms with Crippen LogP contribution in [0.15, 0.2) is 33.6 Å². The number of ether oxygens (including phenoxy) is 2. The Morgan fingerprint density at radius 2 is 2.15 bits per heavy atom. The number of oxime groups is 1. The van der Waals surface area contributed by atoms with Gasteiger partial charge in [0.05, 0.1) is 11.7 Å². The summed E-state index contributed by atoms with van der Waals surface area (Å²) in [5, 5.41) is 19.0. The predicted molar refractivity (Wildman–Crippen MR) is 112 cm³/mol. The largest absolute Gasteiger partial charge is 1.00 e. The number of cyclic esters (lactones) is 1. The van der Waals surface area contributed by atoms with Crippen molar-refractivity contribution < 1.29 is 68.2 Å². The number of nitrogens with one attached hydrogen (secondary N) is 1. The third-order valence-corrected chi connectivity index (χ3v) is 6.69. The number of thioether (sulfide) groups is 1. The number of carboxylic acids is 1. The van der Waals surface area contributed by atoms with Crippen molar-refractivity contribution in [2.24, 2.45) is 5.16 Å². The summed E-state index contributed by atoms with van der Waals surface area (Å²) in [4.78, 5) is 58.5. The normalized spacial score (nSPS) is 23.8. The number of carbonyl (C=O) groups excluding carboxylic acids is 4. The molecule has 1 saturated heterocycles. The molecule has 2 amide bonds. The molecule has 0 spiro atoms. The monoisotopic (exact) mass is 517 g/mol. The van der Waals surface area contributed by atoms with E-state index in [1.807, 2.05) is 0 Å². The molecule has 13 nitrogen and oxygen atoms in total. The first-order valence-corrected chi connectivity index (χ1v) is 11.2. The quantitative estimate of drug-likeness (QED) is 0.116. The maximum atomic E-state index is 12.8. The SMILES string of the molecule is CO/N=C(\C(=O)N[C@@H]1C(=O)N2C(C(=O)[O-])=C(OC3C=C(C)C(=O)O3)CS[C@@H]12)c1csc(N)n1.[Na+]. The third kappa shape index (κ3) is 4.79. The minimum Gasteiger partial charge on any atom is -0.543 e. The molecule has 0 aromatic carbocycles. The molecule has 1 fully saturated rings. The van der Waals surface area contributed by atoms with Crippen LogP contribution in [-0.4, -0.2) is 69.9 Å². The first kappa shape index (κ1) is 26.0. The summed E-state index contributed by atoms with van der Waals surface area (Å²) in [5.41, 5.74) is 5.40. The first-order chi connectivity index (χ1) is 15.7. The second kappa shape index (κ2) is 10.4. The van der Waals surface area contributed by atoms with Gasteiger partial charge in [0.25, 0.3) is 18.1 Å². The summed E-state index contributed by atoms with van der Waals surface area (Å²) in [6, 6.07) is -1.04. The van der Waals surface area contributed by atoms with Gasteiger partial charge in [-0.05, 0) is 6.92 Å². The van der Waals surface area contributed by atoms with Crippen LogP contribution >= 0.6 is 23.1 Å². The van der Waals surface area contributed by atoms with Crippen molar-refractivity contribution >= 4 is 57.7 Å². The van der Waals surface area contributed by atoms with E-state index in [1.54, 1.807) is 0 Å². The van der Waals surface area contributed by atoms with Crippen LogP contribution in [0.5, 0.6) is 0 Å². The second-order valence-corrected chi connectivity index (χ2v) is 8.85. The number of carboxylic acid groups (broad SMARTS) is 1. The fraction of sp³-hybridized carbons (Fsp3) is 0.333. The molecule has 16 heteroatoms. The molecule has 3 aliphatic heterocycles. The zero-order valence-electron chi connectivity index (χ0n) is 18.1. The van der Waals surface area contributed by atoms with E-state index in [2.05, 4.69) is 15.5 Å². The van der Waals surface area contributed by atoms with Gasteiger partial charge in [-0.25, -0.2) is 9.78 Å². The van der Waals surface area contributed by atoms with Crippen molar-refractivity contribution in [1.82, 2.24) is 15.2 Å². The van der Waals surface area contributed by atoms with E-state index in [-0.39, 0.29) is 57.6 Å². The molecule has 0 bridgehead atoms. The number of amides is 2. The number of fused-ring (bicyclic) bond motifs is 1. The van der Waals surface area contributed by atoms with Crippen molar-refractivity contribution in [2.45, 2.75) is 24.6 Å². The van der Waals surface area contributed by atoms with Gasteiger partial charge in [-0.3, -0.25) is 14.5 Å². The number of hydrogen-bond acceptors (Lipinski definition) is 13. The summed E-state index contributed by atoms with van der Waals surface area (Å²) in [6.45, 7) is 1.53. The van der Waals surface area contributed by atoms with Gasteiger partial charge in [-0.2, -0.15) is 0 Å². The van der Waals surface area contributed by atoms with Gasteiger partial charge in [0.2, 0.25) is 0 Å². The Balaban J connectivity index is 0.00000324. The van der Waals surface area contributed by atoms with Gasteiger partial charge in [0.15, 0.2) is 10.8 Å². The molecule has 1 aromatic heterocycles. The van der Waals surface area contributed by atoms with E-state index < -0.39 is 47.2 Å². The molecule has 0 aliphatic carbocycles. The molecule has 1 aromatic rings. The third-order valence-electron chi connectivity index (χ3n) is 4.77. The van der Waals surface area contributed by atoms with Crippen molar-refractivity contribution in [2.75, 3.05) is 18.6 Å². The number of β-lactam (4-membered cyclic amide) rings is 1. The number of aliphatic carboxylic acids is 1. The predicted octanol–water partition coefficient (Wildman–Crippen LogP) is -4.71. The molecule has 1 unspecified atom stereocenters. The van der Waals surface area contributed by atoms with Crippen LogP contribution in [0, 0.1) is 0 Å². The number of nitrogens with zero attached hydrogens (tertiary/aromatic N) is 3. The topological polar surface area (TPSA) is 186 Å². The second-order valence-electron chi connectivity index (χ2n) is 6.85. The zero-order valence-corrected chi connectivity index (χ0v) is 21.7. The van der Waals surface area contributed by atoms with Crippen LogP contribution < -0.4 is 45.7 Å². The van der Waals surface area contributed by atoms with Crippen molar-refractivity contribution in [3.8, 4) is 0 Å². The van der Waals surface area contributed by atoms with Crippen molar-refractivity contribution in [1.29, 1.82) is 0 Å². The smallest absolute Gasteiger partial charge is 0.543 e. The number of anilines is 1. The molecular weight excluding hydrogens is 501 g/mol. The Labute approximate surface area is 222 Å². The van der Waals surface area contributed by atoms with Crippen LogP contribution in [0.4, 0.5) is 5.13 Å². The molecule has 0 radical (unpaired) electrons. The van der Waals surface area contributed by atoms with Crippen LogP contribution in [0.25, 0.3) is 0 Å². The van der Waals surface area contributed by atoms with Crippen molar-refractivity contribution in [3.05, 3.63) is 34.2 Å². The van der Waals surface area contributed by atoms with Gasteiger partial charge in [0.1, 0.15) is 35.7 Å². The Kier molecular flexibility index (Phi) is 7.92. The number of rotatable bonds is 7. The van der Waals surface area contributed by atoms with Crippen LogP contribution in [0.2, 0.25) is 0 Å². The van der Waals surface area contributed by atoms with Gasteiger partial charge < -0.3 is 35.3 Å². The van der Waals surface area contributed by atoms with E-state index in [4.69, 9.17) is 20.0 Å². The molecule has 174 valence electrons. The zero-order chi connectivity index (χ0) is 23.9. The molecule has 3 N–H and O–H groups in total. The average Bonchev–Trinajstić information content (AvgIpc) is 3.33. The molecule has 0 saturated carbocycles. The Bertz CT molecular complexity index is 1150. The summed E-state index contributed by atoms with van der Waals surface area (Å²) in [6.07, 6.45) is 0.284. The summed E-state index contributed by atoms with van der Waals surface area (Å²) >= 11 is 2.25. The average molecular weight is 517 g/mol. The molecule has 34 heavy (non-hydrogen) atoms. The summed E-state index contributed by atoms with van der Waals surface area (Å²) in [7, 11) is 1.24. The number of aromatic nitrogens is 1. The fourth-order valence-corrected chi connectivity index (χ4v) is 5.09. The Morgan fingerprint density at radius 3 is 2.71 bits per heavy atom. The number of thiazole rings is 1. The fourth-order valence-electron chi connectivity index (χ4n) is 3.28. The minimum atomic E-state index is -1.64. The molecule has 3 atom stereocenters. The standard InChI is InChI=1S/C18H17N5O8S2.Na/c1-6-3-9(31-17(6)28)30-8-5-32-15-11(14(25)23(15)12(8)16(26)27)21-13(24)10(22-29-2)7-4-33-18(19)20-7;/h3-4,9,11,15H,5H2,1-2H3,(H2,19,20)(H,21,24)(H,26,27);/q;+1/p-1/b22-10-;/t9?,11-,15+;/m1./s1. The maximum Gasteiger partial charge on any atom is 1.00 e. The molecular formula is C18H16N5NaO8S2. The number of carbonyl (C=O) groups is 4. The first-order valence-electron chi connectivity index (χ1n) is 9.30. The number of nitrogen functional groups attached to an aromatic ring is 1. The summed E-state index contributed by atoms with van der Waals surface area (Å²) < 4.78 is 10.5. The van der Waals surface area contributed by atoms with E-state index in [1.165, 1.54) is 25.5 Å². The van der Waals surface area contributed by atoms with E-state index in [0.717, 1.165) is 28.0 Å². The molecule has 3 aliphatic rings. The van der Waals surface area contributed by atoms with Gasteiger partial charge in [-0.15, -0.1) is 23.1 Å². The van der Waals surface area contributed by atoms with Crippen LogP contribution in [0.1, 0.15) is 12.6 Å². The maximum absolute atomic E-state index is 12.8. The minimum absolute atomic E-state index is 0. The van der Waals surface area contributed by atoms with Gasteiger partial charge in [0, 0.05) is 17.0 Å². The number of esters is 1. The van der Waals surface area contributed by atoms with Crippen LogP contribution in [-0.2, 0) is 33.5 Å². The molecule has 4 heterocycles. The van der Waals surface area contributed by atoms with Gasteiger partial charge in [-0.1, -0.05) is 5.16 Å². The van der Waals surface area contributed by atoms with Crippen LogP contribution in [0.3, 0.4) is 0 Å². The number of nitrogens with two attached hydrogens (primary N) is 1. The van der Waals surface area contributed by atoms with E-state index in [9.17, 15) is 24.3 Å². The number of hydrogen-bond donors (Lipinski definition) is 2.